The SMILES string of the molecule is C=C(C)COC(C)(C)C[Si](C)(O[Si](C)(C)C)O[Si](C)(C)C. The molecule has 0 aromatic rings. The Morgan fingerprint density at radius 2 is 1.29 bits per heavy atom. The van der Waals surface area contributed by atoms with Gasteiger partial charge in [0.25, 0.3) is 0 Å². The lowest BCUT2D eigenvalue weighted by atomic mass is 10.2. The Labute approximate surface area is 135 Å². The first-order chi connectivity index (χ1) is 9.04. The molecule has 0 heterocycles. The summed E-state index contributed by atoms with van der Waals surface area (Å²) in [6.45, 7) is 26.3. The molecule has 6 heteroatoms. The van der Waals surface area contributed by atoms with Crippen LogP contribution in [-0.4, -0.2) is 37.4 Å². The lowest BCUT2D eigenvalue weighted by Crippen LogP contribution is -2.55. The molecule has 126 valence electrons. The summed E-state index contributed by atoms with van der Waals surface area (Å²) in [6, 6.07) is 0.849. The highest BCUT2D eigenvalue weighted by molar-refractivity contribution is 6.87. The maximum absolute atomic E-state index is 6.53. The van der Waals surface area contributed by atoms with Gasteiger partial charge in [-0.05, 0) is 66.6 Å². The van der Waals surface area contributed by atoms with E-state index in [-0.39, 0.29) is 5.60 Å². The lowest BCUT2D eigenvalue weighted by Gasteiger charge is -2.42. The summed E-state index contributed by atoms with van der Waals surface area (Å²) in [5.41, 5.74) is 0.794. The molecule has 0 aliphatic carbocycles. The zero-order valence-electron chi connectivity index (χ0n) is 15.8. The summed E-state index contributed by atoms with van der Waals surface area (Å²) in [6.07, 6.45) is 0. The lowest BCUT2D eigenvalue weighted by molar-refractivity contribution is 0.00598. The van der Waals surface area contributed by atoms with Crippen molar-refractivity contribution in [3.05, 3.63) is 12.2 Å². The summed E-state index contributed by atoms with van der Waals surface area (Å²) in [5, 5.41) is 0. The van der Waals surface area contributed by atoms with Crippen molar-refractivity contribution < 1.29 is 13.0 Å². The standard InChI is InChI=1S/C15H36O3Si3/c1-14(2)12-16-15(3,4)13-21(11,17-19(5,6)7)18-20(8,9)10/h1,12-13H2,2-11H3. The summed E-state index contributed by atoms with van der Waals surface area (Å²) in [5.74, 6) is 0. The number of ether oxygens (including phenoxy) is 1. The summed E-state index contributed by atoms with van der Waals surface area (Å²) in [7, 11) is -5.56. The van der Waals surface area contributed by atoms with Gasteiger partial charge in [0.2, 0.25) is 0 Å². The molecule has 0 radical (unpaired) electrons. The van der Waals surface area contributed by atoms with Crippen LogP contribution in [0.2, 0.25) is 51.9 Å². The van der Waals surface area contributed by atoms with Crippen LogP contribution < -0.4 is 0 Å². The minimum Gasteiger partial charge on any atom is -0.437 e. The van der Waals surface area contributed by atoms with Gasteiger partial charge in [0, 0.05) is 6.04 Å². The first-order valence-electron chi connectivity index (χ1n) is 7.72. The minimum atomic E-state index is -2.26. The Hall–Kier alpha value is 0.271. The van der Waals surface area contributed by atoms with E-state index in [1.807, 2.05) is 6.92 Å². The van der Waals surface area contributed by atoms with Crippen LogP contribution in [0.4, 0.5) is 0 Å². The van der Waals surface area contributed by atoms with E-state index in [1.165, 1.54) is 0 Å². The maximum atomic E-state index is 6.53. The molecular formula is C15H36O3Si3. The van der Waals surface area contributed by atoms with Crippen molar-refractivity contribution in [1.82, 2.24) is 0 Å². The Bertz CT molecular complexity index is 338. The van der Waals surface area contributed by atoms with Crippen LogP contribution in [0, 0.1) is 0 Å². The third-order valence-corrected chi connectivity index (χ3v) is 12.3. The van der Waals surface area contributed by atoms with Gasteiger partial charge in [0.1, 0.15) is 0 Å². The smallest absolute Gasteiger partial charge is 0.317 e. The summed E-state index contributed by atoms with van der Waals surface area (Å²) in [4.78, 5) is 0. The number of hydrogen-bond donors (Lipinski definition) is 0. The van der Waals surface area contributed by atoms with Gasteiger partial charge in [-0.3, -0.25) is 0 Å². The molecule has 0 fully saturated rings. The fourth-order valence-corrected chi connectivity index (χ4v) is 15.7. The quantitative estimate of drug-likeness (QED) is 0.427. The molecule has 0 aromatic heterocycles. The third kappa shape index (κ3) is 11.5. The Kier molecular flexibility index (Phi) is 7.32. The number of hydrogen-bond acceptors (Lipinski definition) is 3. The van der Waals surface area contributed by atoms with Crippen LogP contribution >= 0.6 is 0 Å². The van der Waals surface area contributed by atoms with Crippen LogP contribution in [0.1, 0.15) is 20.8 Å². The molecule has 0 bridgehead atoms. The van der Waals surface area contributed by atoms with E-state index in [4.69, 9.17) is 13.0 Å². The number of rotatable bonds is 9. The molecule has 0 amide bonds. The van der Waals surface area contributed by atoms with Gasteiger partial charge in [-0.15, -0.1) is 0 Å². The largest absolute Gasteiger partial charge is 0.437 e. The predicted molar refractivity (Wildman–Crippen MR) is 100 cm³/mol. The molecule has 0 saturated carbocycles. The van der Waals surface area contributed by atoms with Crippen molar-refractivity contribution in [2.75, 3.05) is 6.61 Å². The van der Waals surface area contributed by atoms with E-state index in [1.54, 1.807) is 0 Å². The third-order valence-electron chi connectivity index (χ3n) is 2.50. The zero-order chi connectivity index (χ0) is 17.1. The summed E-state index contributed by atoms with van der Waals surface area (Å²) >= 11 is 0. The first-order valence-corrected chi connectivity index (χ1v) is 17.1. The predicted octanol–water partition coefficient (Wildman–Crippen LogP) is 5.13. The zero-order valence-corrected chi connectivity index (χ0v) is 18.8. The van der Waals surface area contributed by atoms with E-state index in [0.717, 1.165) is 11.6 Å². The van der Waals surface area contributed by atoms with Gasteiger partial charge in [0.05, 0.1) is 12.2 Å². The molecular weight excluding hydrogens is 312 g/mol. The average Bonchev–Trinajstić information content (AvgIpc) is 2.05. The Morgan fingerprint density at radius 1 is 0.905 bits per heavy atom. The Balaban J connectivity index is 5.08. The van der Waals surface area contributed by atoms with Crippen molar-refractivity contribution in [2.24, 2.45) is 0 Å². The van der Waals surface area contributed by atoms with Gasteiger partial charge >= 0.3 is 8.56 Å². The molecule has 0 aliphatic heterocycles. The van der Waals surface area contributed by atoms with Crippen LogP contribution in [0.25, 0.3) is 0 Å². The van der Waals surface area contributed by atoms with Crippen molar-refractivity contribution >= 4 is 25.2 Å². The normalized spacial score (nSPS) is 14.4. The van der Waals surface area contributed by atoms with Gasteiger partial charge < -0.3 is 13.0 Å². The van der Waals surface area contributed by atoms with Crippen LogP contribution in [0.5, 0.6) is 0 Å². The highest BCUT2D eigenvalue weighted by atomic mass is 28.5. The van der Waals surface area contributed by atoms with Crippen molar-refractivity contribution in [1.29, 1.82) is 0 Å². The molecule has 0 unspecified atom stereocenters. The highest BCUT2D eigenvalue weighted by Crippen LogP contribution is 2.31. The second kappa shape index (κ2) is 7.23. The molecule has 0 aliphatic rings. The molecule has 0 N–H and O–H groups in total. The van der Waals surface area contributed by atoms with E-state index >= 15 is 0 Å². The van der Waals surface area contributed by atoms with Crippen LogP contribution in [0.15, 0.2) is 12.2 Å². The molecule has 0 aromatic carbocycles. The molecule has 0 rings (SSSR count). The van der Waals surface area contributed by atoms with E-state index in [2.05, 4.69) is 66.3 Å². The second-order valence-electron chi connectivity index (χ2n) is 8.74. The van der Waals surface area contributed by atoms with Crippen LogP contribution in [0.3, 0.4) is 0 Å². The minimum absolute atomic E-state index is 0.251. The van der Waals surface area contributed by atoms with Gasteiger partial charge in [-0.2, -0.15) is 0 Å². The molecule has 0 spiro atoms. The van der Waals surface area contributed by atoms with Gasteiger partial charge in [-0.25, -0.2) is 0 Å². The fraction of sp³-hybridized carbons (Fsp3) is 0.867. The van der Waals surface area contributed by atoms with E-state index < -0.39 is 25.2 Å². The van der Waals surface area contributed by atoms with Gasteiger partial charge in [0.15, 0.2) is 16.6 Å². The van der Waals surface area contributed by atoms with Crippen LogP contribution in [-0.2, 0) is 13.0 Å². The molecule has 0 saturated heterocycles. The topological polar surface area (TPSA) is 27.7 Å². The molecule has 21 heavy (non-hydrogen) atoms. The Morgan fingerprint density at radius 3 is 1.57 bits per heavy atom. The highest BCUT2D eigenvalue weighted by Gasteiger charge is 2.44. The fourth-order valence-electron chi connectivity index (χ4n) is 2.53. The summed E-state index contributed by atoms with van der Waals surface area (Å²) < 4.78 is 19.1. The molecule has 3 nitrogen and oxygen atoms in total. The van der Waals surface area contributed by atoms with E-state index in [0.29, 0.717) is 6.61 Å². The van der Waals surface area contributed by atoms with Crippen molar-refractivity contribution in [2.45, 2.75) is 78.2 Å². The van der Waals surface area contributed by atoms with Crippen molar-refractivity contribution in [3.8, 4) is 0 Å². The second-order valence-corrected chi connectivity index (χ2v) is 21.4. The average molecular weight is 349 g/mol. The monoisotopic (exact) mass is 348 g/mol. The van der Waals surface area contributed by atoms with E-state index in [9.17, 15) is 0 Å². The first kappa shape index (κ1) is 21.3. The maximum Gasteiger partial charge on any atom is 0.317 e. The van der Waals surface area contributed by atoms with Gasteiger partial charge in [-0.1, -0.05) is 12.2 Å². The van der Waals surface area contributed by atoms with Crippen molar-refractivity contribution in [3.63, 3.8) is 0 Å². The molecule has 0 atom stereocenters.